The Morgan fingerprint density at radius 1 is 1.04 bits per heavy atom. The number of hydrogen-bond acceptors (Lipinski definition) is 2. The van der Waals surface area contributed by atoms with Gasteiger partial charge in [-0.15, -0.1) is 0 Å². The van der Waals surface area contributed by atoms with E-state index < -0.39 is 11.9 Å². The van der Waals surface area contributed by atoms with Crippen molar-refractivity contribution in [3.05, 3.63) is 77.6 Å². The van der Waals surface area contributed by atoms with Gasteiger partial charge >= 0.3 is 5.97 Å². The van der Waals surface area contributed by atoms with Crippen molar-refractivity contribution >= 4 is 28.9 Å². The number of carbonyl (C=O) groups excluding carboxylic acids is 1. The van der Waals surface area contributed by atoms with Crippen molar-refractivity contribution in [3.63, 3.8) is 0 Å². The Morgan fingerprint density at radius 2 is 1.71 bits per heavy atom. The summed E-state index contributed by atoms with van der Waals surface area (Å²) in [4.78, 5) is 23.7. The molecule has 5 heteroatoms. The maximum Gasteiger partial charge on any atom is 0.352 e. The van der Waals surface area contributed by atoms with Crippen LogP contribution in [0.25, 0.3) is 17.0 Å². The molecule has 0 saturated heterocycles. The van der Waals surface area contributed by atoms with Gasteiger partial charge in [0.1, 0.15) is 5.70 Å². The Morgan fingerprint density at radius 3 is 2.38 bits per heavy atom. The summed E-state index contributed by atoms with van der Waals surface area (Å²) in [5.41, 5.74) is 1.92. The van der Waals surface area contributed by atoms with Gasteiger partial charge in [-0.05, 0) is 30.3 Å². The van der Waals surface area contributed by atoms with E-state index in [0.717, 1.165) is 10.9 Å². The van der Waals surface area contributed by atoms with Crippen LogP contribution in [-0.4, -0.2) is 21.6 Å². The number of aryl methyl sites for hydroxylation is 1. The first-order valence-electron chi connectivity index (χ1n) is 7.42. The molecule has 0 radical (unpaired) electrons. The van der Waals surface area contributed by atoms with Crippen molar-refractivity contribution in [2.45, 2.75) is 0 Å². The molecule has 0 fully saturated rings. The molecule has 0 unspecified atom stereocenters. The van der Waals surface area contributed by atoms with Crippen LogP contribution in [0, 0.1) is 0 Å². The lowest BCUT2D eigenvalue weighted by molar-refractivity contribution is -0.132. The van der Waals surface area contributed by atoms with E-state index in [4.69, 9.17) is 0 Å². The molecule has 5 nitrogen and oxygen atoms in total. The third-order valence-corrected chi connectivity index (χ3v) is 3.80. The van der Waals surface area contributed by atoms with Crippen molar-refractivity contribution in [2.24, 2.45) is 7.05 Å². The van der Waals surface area contributed by atoms with E-state index in [0.29, 0.717) is 11.3 Å². The van der Waals surface area contributed by atoms with Crippen molar-refractivity contribution in [3.8, 4) is 0 Å². The molecule has 0 spiro atoms. The summed E-state index contributed by atoms with van der Waals surface area (Å²) in [7, 11) is 1.85. The molecule has 0 aliphatic rings. The summed E-state index contributed by atoms with van der Waals surface area (Å²) in [5.74, 6) is -1.65. The van der Waals surface area contributed by atoms with Gasteiger partial charge in [0.15, 0.2) is 0 Å². The number of nitrogens with zero attached hydrogens (tertiary/aromatic N) is 1. The average molecular weight is 320 g/mol. The second kappa shape index (κ2) is 6.42. The lowest BCUT2D eigenvalue weighted by atomic mass is 10.2. The first-order valence-corrected chi connectivity index (χ1v) is 7.42. The van der Waals surface area contributed by atoms with E-state index in [1.165, 1.54) is 6.08 Å². The van der Waals surface area contributed by atoms with Crippen LogP contribution in [0.15, 0.2) is 66.4 Å². The molecule has 1 amide bonds. The monoisotopic (exact) mass is 320 g/mol. The Kier molecular flexibility index (Phi) is 4.16. The fraction of sp³-hybridized carbons (Fsp3) is 0.0526. The molecule has 1 heterocycles. The predicted octanol–water partition coefficient (Wildman–Crippen LogP) is 3.03. The molecule has 2 aromatic carbocycles. The van der Waals surface area contributed by atoms with Crippen LogP contribution in [0.4, 0.5) is 0 Å². The van der Waals surface area contributed by atoms with Crippen LogP contribution in [0.1, 0.15) is 16.1 Å². The highest BCUT2D eigenvalue weighted by Gasteiger charge is 2.14. The van der Waals surface area contributed by atoms with Gasteiger partial charge in [0.05, 0.1) is 0 Å². The number of carboxylic acids is 1. The number of fused-ring (bicyclic) bond motifs is 1. The van der Waals surface area contributed by atoms with Crippen molar-refractivity contribution in [2.75, 3.05) is 0 Å². The van der Waals surface area contributed by atoms with Crippen LogP contribution >= 0.6 is 0 Å². The van der Waals surface area contributed by atoms with Gasteiger partial charge in [-0.2, -0.15) is 0 Å². The quantitative estimate of drug-likeness (QED) is 0.726. The van der Waals surface area contributed by atoms with Gasteiger partial charge in [0.2, 0.25) is 0 Å². The summed E-state index contributed by atoms with van der Waals surface area (Å²) < 4.78 is 1.88. The molecule has 0 aliphatic carbocycles. The van der Waals surface area contributed by atoms with Crippen LogP contribution in [0.2, 0.25) is 0 Å². The smallest absolute Gasteiger partial charge is 0.352 e. The predicted molar refractivity (Wildman–Crippen MR) is 92.4 cm³/mol. The molecule has 0 atom stereocenters. The van der Waals surface area contributed by atoms with Gasteiger partial charge in [-0.1, -0.05) is 36.4 Å². The summed E-state index contributed by atoms with van der Waals surface area (Å²) in [5, 5.41) is 12.9. The van der Waals surface area contributed by atoms with Gasteiger partial charge in [-0.25, -0.2) is 4.79 Å². The number of nitrogens with one attached hydrogen (secondary N) is 1. The Bertz CT molecular complexity index is 940. The maximum absolute atomic E-state index is 12.2. The molecule has 2 N–H and O–H groups in total. The van der Waals surface area contributed by atoms with Crippen molar-refractivity contribution < 1.29 is 14.7 Å². The molecule has 24 heavy (non-hydrogen) atoms. The van der Waals surface area contributed by atoms with E-state index in [1.54, 1.807) is 30.3 Å². The van der Waals surface area contributed by atoms with Crippen LogP contribution in [0.3, 0.4) is 0 Å². The first kappa shape index (κ1) is 15.6. The van der Waals surface area contributed by atoms with E-state index in [9.17, 15) is 14.7 Å². The number of para-hydroxylation sites is 1. The summed E-state index contributed by atoms with van der Waals surface area (Å²) in [6.45, 7) is 0. The molecule has 0 aliphatic heterocycles. The molecule has 3 rings (SSSR count). The third-order valence-electron chi connectivity index (χ3n) is 3.80. The highest BCUT2D eigenvalue weighted by Crippen LogP contribution is 2.20. The number of hydrogen-bond donors (Lipinski definition) is 2. The van der Waals surface area contributed by atoms with Gasteiger partial charge in [-0.3, -0.25) is 4.79 Å². The fourth-order valence-electron chi connectivity index (χ4n) is 2.53. The Hall–Kier alpha value is -3.34. The molecule has 120 valence electrons. The standard InChI is InChI=1S/C19H16N2O3/c1-21-15(11-14-9-5-6-10-17(14)21)12-16(19(23)24)20-18(22)13-7-3-2-4-8-13/h2-12H,1H3,(H,20,22)(H,23,24)/b16-12+. The number of amides is 1. The van der Waals surface area contributed by atoms with Crippen molar-refractivity contribution in [1.29, 1.82) is 0 Å². The molecule has 3 aromatic rings. The Labute approximate surface area is 138 Å². The number of aliphatic carboxylic acids is 1. The van der Waals surface area contributed by atoms with Gasteiger partial charge in [0, 0.05) is 29.2 Å². The highest BCUT2D eigenvalue weighted by atomic mass is 16.4. The number of benzene rings is 2. The lowest BCUT2D eigenvalue weighted by Crippen LogP contribution is -2.27. The van der Waals surface area contributed by atoms with E-state index in [1.807, 2.05) is 41.9 Å². The fourth-order valence-corrected chi connectivity index (χ4v) is 2.53. The molecular weight excluding hydrogens is 304 g/mol. The normalized spacial score (nSPS) is 11.5. The molecular formula is C19H16N2O3. The second-order valence-electron chi connectivity index (χ2n) is 5.37. The van der Waals surface area contributed by atoms with E-state index in [2.05, 4.69) is 5.32 Å². The second-order valence-corrected chi connectivity index (χ2v) is 5.37. The lowest BCUT2D eigenvalue weighted by Gasteiger charge is -2.07. The van der Waals surface area contributed by atoms with Gasteiger partial charge < -0.3 is 15.0 Å². The Balaban J connectivity index is 1.95. The van der Waals surface area contributed by atoms with Crippen LogP contribution < -0.4 is 5.32 Å². The number of rotatable bonds is 4. The number of aromatic nitrogens is 1. The highest BCUT2D eigenvalue weighted by molar-refractivity contribution is 6.03. The largest absolute Gasteiger partial charge is 0.477 e. The first-order chi connectivity index (χ1) is 11.6. The van der Waals surface area contributed by atoms with E-state index >= 15 is 0 Å². The summed E-state index contributed by atoms with van der Waals surface area (Å²) in [6, 6.07) is 18.1. The minimum absolute atomic E-state index is 0.172. The summed E-state index contributed by atoms with van der Waals surface area (Å²) >= 11 is 0. The summed E-state index contributed by atoms with van der Waals surface area (Å²) in [6.07, 6.45) is 1.46. The minimum Gasteiger partial charge on any atom is -0.477 e. The zero-order valence-electron chi connectivity index (χ0n) is 13.1. The average Bonchev–Trinajstić information content (AvgIpc) is 2.91. The topological polar surface area (TPSA) is 71.3 Å². The minimum atomic E-state index is -1.19. The van der Waals surface area contributed by atoms with Crippen LogP contribution in [0.5, 0.6) is 0 Å². The van der Waals surface area contributed by atoms with Crippen LogP contribution in [-0.2, 0) is 11.8 Å². The molecule has 0 bridgehead atoms. The zero-order chi connectivity index (χ0) is 17.1. The maximum atomic E-state index is 12.2. The molecule has 1 aromatic heterocycles. The molecule has 0 saturated carbocycles. The van der Waals surface area contributed by atoms with Crippen molar-refractivity contribution in [1.82, 2.24) is 9.88 Å². The number of carboxylic acid groups (broad SMARTS) is 1. The van der Waals surface area contributed by atoms with E-state index in [-0.39, 0.29) is 5.70 Å². The SMILES string of the molecule is Cn1c(/C=C(/NC(=O)c2ccccc2)C(=O)O)cc2ccccc21. The third kappa shape index (κ3) is 3.05. The van der Waals surface area contributed by atoms with Gasteiger partial charge in [0.25, 0.3) is 5.91 Å². The zero-order valence-corrected chi connectivity index (χ0v) is 13.1. The number of carbonyl (C=O) groups is 2.